The molecule has 2 aromatic heterocycles. The Morgan fingerprint density at radius 1 is 0.304 bits per heavy atom. The Hall–Kier alpha value is -7.43. The van der Waals surface area contributed by atoms with Crippen LogP contribution in [0.2, 0.25) is 0 Å². The summed E-state index contributed by atoms with van der Waals surface area (Å²) in [4.78, 5) is 14.9. The van der Waals surface area contributed by atoms with E-state index in [4.69, 9.17) is 19.4 Å². The van der Waals surface area contributed by atoms with Crippen LogP contribution in [0.3, 0.4) is 0 Å². The van der Waals surface area contributed by atoms with E-state index >= 15 is 0 Å². The minimum atomic E-state index is -0.391. The standard InChI is InChI=1S/C52H31N3O/c1-3-13-32(14-4-1)49-53-50(33-15-5-2-6-16-33)55-51(54-49)36-25-28-48-42(30-36)41-29-34(24-27-47(41)56-48)35-23-26-40-39-19-9-12-22-45(39)52(46(40)31-35)43-20-10-7-17-37(43)38-18-8-11-21-44(38)52/h1-31H. The summed E-state index contributed by atoms with van der Waals surface area (Å²) in [7, 11) is 0. The maximum Gasteiger partial charge on any atom is 0.164 e. The Balaban J connectivity index is 1.02. The molecule has 0 radical (unpaired) electrons. The summed E-state index contributed by atoms with van der Waals surface area (Å²) < 4.78 is 6.44. The number of aromatic nitrogens is 3. The second-order valence-corrected chi connectivity index (χ2v) is 14.7. The Labute approximate surface area is 323 Å². The zero-order chi connectivity index (χ0) is 36.8. The molecule has 10 aromatic rings. The van der Waals surface area contributed by atoms with Gasteiger partial charge < -0.3 is 4.42 Å². The first-order chi connectivity index (χ1) is 27.7. The molecule has 260 valence electrons. The number of fused-ring (bicyclic) bond motifs is 13. The Bertz CT molecular complexity index is 3080. The second-order valence-electron chi connectivity index (χ2n) is 14.7. The molecule has 0 atom stereocenters. The van der Waals surface area contributed by atoms with Crippen LogP contribution in [0.1, 0.15) is 22.3 Å². The zero-order valence-corrected chi connectivity index (χ0v) is 30.1. The lowest BCUT2D eigenvalue weighted by atomic mass is 9.70. The monoisotopic (exact) mass is 713 g/mol. The molecule has 0 amide bonds. The molecule has 12 rings (SSSR count). The minimum Gasteiger partial charge on any atom is -0.456 e. The Kier molecular flexibility index (Phi) is 6.52. The minimum absolute atomic E-state index is 0.391. The Morgan fingerprint density at radius 2 is 0.696 bits per heavy atom. The SMILES string of the molecule is c1ccc(-c2nc(-c3ccccc3)nc(-c3ccc4oc5ccc(-c6ccc7c(c6)C6(c8ccccc8-c8ccccc86)c6ccccc6-7)cc5c4c3)n2)cc1. The van der Waals surface area contributed by atoms with Gasteiger partial charge >= 0.3 is 0 Å². The first-order valence-corrected chi connectivity index (χ1v) is 19.0. The van der Waals surface area contributed by atoms with Gasteiger partial charge in [0, 0.05) is 27.5 Å². The highest BCUT2D eigenvalue weighted by atomic mass is 16.3. The Morgan fingerprint density at radius 3 is 1.23 bits per heavy atom. The fourth-order valence-corrected chi connectivity index (χ4v) is 9.31. The average molecular weight is 714 g/mol. The van der Waals surface area contributed by atoms with E-state index in [1.807, 2.05) is 72.8 Å². The summed E-state index contributed by atoms with van der Waals surface area (Å²) in [6, 6.07) is 66.9. The third-order valence-corrected chi connectivity index (χ3v) is 11.8. The summed E-state index contributed by atoms with van der Waals surface area (Å²) in [5, 5.41) is 2.07. The van der Waals surface area contributed by atoms with Gasteiger partial charge in [0.15, 0.2) is 17.5 Å². The van der Waals surface area contributed by atoms with Crippen LogP contribution in [0, 0.1) is 0 Å². The highest BCUT2D eigenvalue weighted by Gasteiger charge is 2.51. The predicted molar refractivity (Wildman–Crippen MR) is 225 cm³/mol. The topological polar surface area (TPSA) is 51.8 Å². The quantitative estimate of drug-likeness (QED) is 0.182. The van der Waals surface area contributed by atoms with Gasteiger partial charge in [-0.3, -0.25) is 0 Å². The second kappa shape index (κ2) is 11.8. The lowest BCUT2D eigenvalue weighted by molar-refractivity contribution is 0.669. The summed E-state index contributed by atoms with van der Waals surface area (Å²) in [6.07, 6.45) is 0. The zero-order valence-electron chi connectivity index (χ0n) is 30.1. The van der Waals surface area contributed by atoms with E-state index in [1.165, 1.54) is 50.1 Å². The molecule has 1 spiro atoms. The van der Waals surface area contributed by atoms with Gasteiger partial charge in [-0.1, -0.05) is 152 Å². The number of rotatable bonds is 4. The number of hydrogen-bond donors (Lipinski definition) is 0. The smallest absolute Gasteiger partial charge is 0.164 e. The van der Waals surface area contributed by atoms with Crippen LogP contribution in [0.4, 0.5) is 0 Å². The molecule has 56 heavy (non-hydrogen) atoms. The first-order valence-electron chi connectivity index (χ1n) is 19.0. The maximum absolute atomic E-state index is 6.44. The van der Waals surface area contributed by atoms with Crippen LogP contribution in [0.5, 0.6) is 0 Å². The number of hydrogen-bond acceptors (Lipinski definition) is 4. The van der Waals surface area contributed by atoms with Crippen LogP contribution in [0.25, 0.3) is 89.5 Å². The van der Waals surface area contributed by atoms with Crippen molar-refractivity contribution >= 4 is 21.9 Å². The molecular formula is C52H31N3O. The van der Waals surface area contributed by atoms with Crippen LogP contribution in [0.15, 0.2) is 192 Å². The third-order valence-electron chi connectivity index (χ3n) is 11.8. The van der Waals surface area contributed by atoms with E-state index in [-0.39, 0.29) is 0 Å². The van der Waals surface area contributed by atoms with Crippen molar-refractivity contribution in [1.82, 2.24) is 15.0 Å². The van der Waals surface area contributed by atoms with E-state index in [9.17, 15) is 0 Å². The summed E-state index contributed by atoms with van der Waals surface area (Å²) in [5.74, 6) is 1.89. The molecule has 2 aliphatic carbocycles. The molecule has 2 aliphatic rings. The highest BCUT2D eigenvalue weighted by molar-refractivity contribution is 6.07. The van der Waals surface area contributed by atoms with Crippen LogP contribution < -0.4 is 0 Å². The maximum atomic E-state index is 6.44. The molecule has 0 saturated heterocycles. The fraction of sp³-hybridized carbons (Fsp3) is 0.0192. The van der Waals surface area contributed by atoms with Crippen LogP contribution in [-0.2, 0) is 5.41 Å². The number of furan rings is 1. The summed E-state index contributed by atoms with van der Waals surface area (Å²) in [6.45, 7) is 0. The molecule has 2 heterocycles. The van der Waals surface area contributed by atoms with Crippen molar-refractivity contribution in [3.05, 3.63) is 210 Å². The van der Waals surface area contributed by atoms with Gasteiger partial charge in [0.05, 0.1) is 5.41 Å². The lowest BCUT2D eigenvalue weighted by Gasteiger charge is -2.30. The molecule has 4 heteroatoms. The molecule has 0 N–H and O–H groups in total. The molecule has 0 bridgehead atoms. The van der Waals surface area contributed by atoms with Crippen molar-refractivity contribution < 1.29 is 4.42 Å². The number of nitrogens with zero attached hydrogens (tertiary/aromatic N) is 3. The largest absolute Gasteiger partial charge is 0.456 e. The predicted octanol–water partition coefficient (Wildman–Crippen LogP) is 12.8. The average Bonchev–Trinajstić information content (AvgIpc) is 3.90. The lowest BCUT2D eigenvalue weighted by Crippen LogP contribution is -2.25. The van der Waals surface area contributed by atoms with E-state index in [0.717, 1.165) is 44.2 Å². The molecule has 4 nitrogen and oxygen atoms in total. The van der Waals surface area contributed by atoms with Gasteiger partial charge in [-0.15, -0.1) is 0 Å². The van der Waals surface area contributed by atoms with Crippen LogP contribution >= 0.6 is 0 Å². The molecule has 0 fully saturated rings. The normalized spacial score (nSPS) is 13.1. The van der Waals surface area contributed by atoms with Crippen molar-refractivity contribution in [2.75, 3.05) is 0 Å². The van der Waals surface area contributed by atoms with Gasteiger partial charge in [-0.05, 0) is 92.0 Å². The van der Waals surface area contributed by atoms with Gasteiger partial charge in [-0.25, -0.2) is 15.0 Å². The van der Waals surface area contributed by atoms with E-state index in [2.05, 4.69) is 115 Å². The van der Waals surface area contributed by atoms with Crippen molar-refractivity contribution in [3.8, 4) is 67.5 Å². The van der Waals surface area contributed by atoms with Crippen LogP contribution in [-0.4, -0.2) is 15.0 Å². The van der Waals surface area contributed by atoms with Crippen molar-refractivity contribution in [2.45, 2.75) is 5.41 Å². The molecular weight excluding hydrogens is 683 g/mol. The van der Waals surface area contributed by atoms with E-state index in [1.54, 1.807) is 0 Å². The molecule has 0 unspecified atom stereocenters. The van der Waals surface area contributed by atoms with E-state index in [0.29, 0.717) is 17.5 Å². The summed E-state index contributed by atoms with van der Waals surface area (Å²) >= 11 is 0. The highest BCUT2D eigenvalue weighted by Crippen LogP contribution is 2.63. The fourth-order valence-electron chi connectivity index (χ4n) is 9.31. The van der Waals surface area contributed by atoms with Crippen molar-refractivity contribution in [1.29, 1.82) is 0 Å². The van der Waals surface area contributed by atoms with Gasteiger partial charge in [0.2, 0.25) is 0 Å². The molecule has 8 aromatic carbocycles. The van der Waals surface area contributed by atoms with Gasteiger partial charge in [-0.2, -0.15) is 0 Å². The van der Waals surface area contributed by atoms with E-state index < -0.39 is 5.41 Å². The first kappa shape index (κ1) is 31.0. The molecule has 0 aliphatic heterocycles. The van der Waals surface area contributed by atoms with Crippen molar-refractivity contribution in [2.24, 2.45) is 0 Å². The molecule has 0 saturated carbocycles. The number of benzene rings is 8. The van der Waals surface area contributed by atoms with Crippen molar-refractivity contribution in [3.63, 3.8) is 0 Å². The third kappa shape index (κ3) is 4.38. The van der Waals surface area contributed by atoms with Gasteiger partial charge in [0.25, 0.3) is 0 Å². The summed E-state index contributed by atoms with van der Waals surface area (Å²) in [5.41, 5.74) is 16.9. The van der Waals surface area contributed by atoms with Gasteiger partial charge in [0.1, 0.15) is 11.2 Å².